The Balaban J connectivity index is 1.95. The Bertz CT molecular complexity index is 201. The standard InChI is InChI=1S/C14H28N2/c1-16(2)14(11-5-3-4-6-11)12-7-9-13(15)10-8-12/h11-14H,3-10,15H2,1-2H3. The van der Waals surface area contributed by atoms with Gasteiger partial charge in [-0.3, -0.25) is 0 Å². The molecule has 2 aliphatic rings. The molecule has 2 N–H and O–H groups in total. The van der Waals surface area contributed by atoms with Crippen LogP contribution in [0.4, 0.5) is 0 Å². The van der Waals surface area contributed by atoms with E-state index in [9.17, 15) is 0 Å². The van der Waals surface area contributed by atoms with Gasteiger partial charge in [-0.25, -0.2) is 0 Å². The normalized spacial score (nSPS) is 34.5. The molecule has 94 valence electrons. The summed E-state index contributed by atoms with van der Waals surface area (Å²) in [6.45, 7) is 0. The van der Waals surface area contributed by atoms with Crippen LogP contribution < -0.4 is 5.73 Å². The van der Waals surface area contributed by atoms with Crippen LogP contribution >= 0.6 is 0 Å². The zero-order valence-corrected chi connectivity index (χ0v) is 11.0. The molecule has 0 radical (unpaired) electrons. The van der Waals surface area contributed by atoms with Gasteiger partial charge in [-0.05, 0) is 64.5 Å². The molecule has 0 heterocycles. The first-order chi connectivity index (χ1) is 7.68. The fourth-order valence-electron chi connectivity index (χ4n) is 4.01. The average Bonchev–Trinajstić information content (AvgIpc) is 2.74. The highest BCUT2D eigenvalue weighted by Gasteiger charge is 2.34. The third-order valence-corrected chi connectivity index (χ3v) is 4.78. The molecule has 2 fully saturated rings. The highest BCUT2D eigenvalue weighted by Crippen LogP contribution is 2.38. The van der Waals surface area contributed by atoms with Crippen LogP contribution in [0.2, 0.25) is 0 Å². The molecule has 0 saturated heterocycles. The molecule has 16 heavy (non-hydrogen) atoms. The minimum atomic E-state index is 0.489. The molecular formula is C14H28N2. The lowest BCUT2D eigenvalue weighted by Crippen LogP contribution is -2.43. The topological polar surface area (TPSA) is 29.3 Å². The predicted molar refractivity (Wildman–Crippen MR) is 69.4 cm³/mol. The summed E-state index contributed by atoms with van der Waals surface area (Å²) in [5, 5.41) is 0. The van der Waals surface area contributed by atoms with Crippen molar-refractivity contribution in [2.24, 2.45) is 17.6 Å². The van der Waals surface area contributed by atoms with Crippen molar-refractivity contribution in [3.8, 4) is 0 Å². The lowest BCUT2D eigenvalue weighted by atomic mass is 9.76. The molecular weight excluding hydrogens is 196 g/mol. The zero-order valence-electron chi connectivity index (χ0n) is 11.0. The van der Waals surface area contributed by atoms with Gasteiger partial charge in [0.2, 0.25) is 0 Å². The third-order valence-electron chi connectivity index (χ3n) is 4.78. The van der Waals surface area contributed by atoms with E-state index in [1.807, 2.05) is 0 Å². The Morgan fingerprint density at radius 1 is 0.875 bits per heavy atom. The fraction of sp³-hybridized carbons (Fsp3) is 1.00. The highest BCUT2D eigenvalue weighted by atomic mass is 15.1. The average molecular weight is 224 g/mol. The first-order valence-corrected chi connectivity index (χ1v) is 7.10. The maximum Gasteiger partial charge on any atom is 0.0146 e. The van der Waals surface area contributed by atoms with Crippen LogP contribution in [0, 0.1) is 11.8 Å². The molecule has 1 atom stereocenters. The van der Waals surface area contributed by atoms with Gasteiger partial charge < -0.3 is 10.6 Å². The maximum atomic E-state index is 6.01. The van der Waals surface area contributed by atoms with Crippen molar-refractivity contribution in [3.63, 3.8) is 0 Å². The van der Waals surface area contributed by atoms with Crippen molar-refractivity contribution >= 4 is 0 Å². The highest BCUT2D eigenvalue weighted by molar-refractivity contribution is 4.89. The molecule has 0 aromatic carbocycles. The minimum Gasteiger partial charge on any atom is -0.328 e. The van der Waals surface area contributed by atoms with Crippen molar-refractivity contribution in [1.29, 1.82) is 0 Å². The molecule has 2 heteroatoms. The lowest BCUT2D eigenvalue weighted by molar-refractivity contribution is 0.110. The van der Waals surface area contributed by atoms with Crippen LogP contribution in [-0.4, -0.2) is 31.1 Å². The van der Waals surface area contributed by atoms with E-state index in [-0.39, 0.29) is 0 Å². The first kappa shape index (κ1) is 12.4. The number of hydrogen-bond acceptors (Lipinski definition) is 2. The van der Waals surface area contributed by atoms with Crippen molar-refractivity contribution in [2.75, 3.05) is 14.1 Å². The Hall–Kier alpha value is -0.0800. The van der Waals surface area contributed by atoms with Gasteiger partial charge in [0, 0.05) is 12.1 Å². The molecule has 1 unspecified atom stereocenters. The molecule has 0 spiro atoms. The summed E-state index contributed by atoms with van der Waals surface area (Å²) in [6, 6.07) is 1.32. The van der Waals surface area contributed by atoms with Crippen LogP contribution in [-0.2, 0) is 0 Å². The quantitative estimate of drug-likeness (QED) is 0.798. The van der Waals surface area contributed by atoms with Gasteiger partial charge in [0.25, 0.3) is 0 Å². The molecule has 0 bridgehead atoms. The summed E-state index contributed by atoms with van der Waals surface area (Å²) in [6.07, 6.45) is 11.1. The SMILES string of the molecule is CN(C)C(C1CCCC1)C1CCC(N)CC1. The van der Waals surface area contributed by atoms with E-state index in [0.717, 1.165) is 17.9 Å². The summed E-state index contributed by atoms with van der Waals surface area (Å²) < 4.78 is 0. The maximum absolute atomic E-state index is 6.01. The van der Waals surface area contributed by atoms with Crippen molar-refractivity contribution < 1.29 is 0 Å². The number of hydrogen-bond donors (Lipinski definition) is 1. The van der Waals surface area contributed by atoms with E-state index in [2.05, 4.69) is 19.0 Å². The predicted octanol–water partition coefficient (Wildman–Crippen LogP) is 2.62. The van der Waals surface area contributed by atoms with Gasteiger partial charge in [-0.1, -0.05) is 12.8 Å². The van der Waals surface area contributed by atoms with E-state index in [1.54, 1.807) is 0 Å². The number of rotatable bonds is 3. The van der Waals surface area contributed by atoms with Gasteiger partial charge in [0.05, 0.1) is 0 Å². The van der Waals surface area contributed by atoms with Gasteiger partial charge in [-0.15, -0.1) is 0 Å². The molecule has 0 amide bonds. The summed E-state index contributed by atoms with van der Waals surface area (Å²) in [7, 11) is 4.55. The van der Waals surface area contributed by atoms with Gasteiger partial charge in [0.15, 0.2) is 0 Å². The Labute approximate surface area is 101 Å². The first-order valence-electron chi connectivity index (χ1n) is 7.10. The molecule has 0 aromatic rings. The van der Waals surface area contributed by atoms with Crippen molar-refractivity contribution in [1.82, 2.24) is 4.90 Å². The molecule has 2 nitrogen and oxygen atoms in total. The molecule has 2 rings (SSSR count). The number of nitrogens with zero attached hydrogens (tertiary/aromatic N) is 1. The minimum absolute atomic E-state index is 0.489. The third kappa shape index (κ3) is 2.78. The summed E-state index contributed by atoms with van der Waals surface area (Å²) in [4.78, 5) is 2.50. The van der Waals surface area contributed by atoms with Gasteiger partial charge in [-0.2, -0.15) is 0 Å². The van der Waals surface area contributed by atoms with E-state index < -0.39 is 0 Å². The fourth-order valence-corrected chi connectivity index (χ4v) is 4.01. The number of nitrogens with two attached hydrogens (primary N) is 1. The summed E-state index contributed by atoms with van der Waals surface area (Å²) in [5.74, 6) is 1.88. The molecule has 0 aromatic heterocycles. The summed E-state index contributed by atoms with van der Waals surface area (Å²) in [5.41, 5.74) is 6.01. The second-order valence-corrected chi connectivity index (χ2v) is 6.17. The van der Waals surface area contributed by atoms with E-state index in [0.29, 0.717) is 6.04 Å². The van der Waals surface area contributed by atoms with Gasteiger partial charge in [0.1, 0.15) is 0 Å². The van der Waals surface area contributed by atoms with E-state index >= 15 is 0 Å². The Kier molecular flexibility index (Phi) is 4.26. The van der Waals surface area contributed by atoms with E-state index in [4.69, 9.17) is 5.73 Å². The molecule has 0 aliphatic heterocycles. The lowest BCUT2D eigenvalue weighted by Gasteiger charge is -2.40. The van der Waals surface area contributed by atoms with Crippen molar-refractivity contribution in [3.05, 3.63) is 0 Å². The Morgan fingerprint density at radius 3 is 1.88 bits per heavy atom. The van der Waals surface area contributed by atoms with Crippen LogP contribution in [0.25, 0.3) is 0 Å². The monoisotopic (exact) mass is 224 g/mol. The molecule has 2 aliphatic carbocycles. The second kappa shape index (κ2) is 5.50. The van der Waals surface area contributed by atoms with E-state index in [1.165, 1.54) is 51.4 Å². The van der Waals surface area contributed by atoms with Crippen molar-refractivity contribution in [2.45, 2.75) is 63.5 Å². The summed E-state index contributed by atoms with van der Waals surface area (Å²) >= 11 is 0. The van der Waals surface area contributed by atoms with Gasteiger partial charge >= 0.3 is 0 Å². The largest absolute Gasteiger partial charge is 0.328 e. The zero-order chi connectivity index (χ0) is 11.5. The van der Waals surface area contributed by atoms with Crippen LogP contribution in [0.5, 0.6) is 0 Å². The second-order valence-electron chi connectivity index (χ2n) is 6.17. The van der Waals surface area contributed by atoms with Crippen LogP contribution in [0.1, 0.15) is 51.4 Å². The molecule has 2 saturated carbocycles. The van der Waals surface area contributed by atoms with Crippen LogP contribution in [0.15, 0.2) is 0 Å². The van der Waals surface area contributed by atoms with Crippen LogP contribution in [0.3, 0.4) is 0 Å². The smallest absolute Gasteiger partial charge is 0.0146 e. The Morgan fingerprint density at radius 2 is 1.38 bits per heavy atom.